The molecule has 1 N–H and O–H groups in total. The Kier molecular flexibility index (Phi) is 3.61. The second-order valence-electron chi connectivity index (χ2n) is 3.91. The Bertz CT molecular complexity index is 462. The first-order valence-corrected chi connectivity index (χ1v) is 6.14. The van der Waals surface area contributed by atoms with Crippen LogP contribution in [0.4, 0.5) is 18.9 Å². The van der Waals surface area contributed by atoms with Gasteiger partial charge in [0.05, 0.1) is 5.69 Å². The van der Waals surface area contributed by atoms with Gasteiger partial charge in [0.1, 0.15) is 0 Å². The van der Waals surface area contributed by atoms with Crippen molar-refractivity contribution in [3.05, 3.63) is 29.6 Å². The lowest BCUT2D eigenvalue weighted by atomic mass is 10.2. The van der Waals surface area contributed by atoms with Crippen molar-refractivity contribution >= 4 is 22.6 Å². The molecule has 0 saturated carbocycles. The molecule has 0 saturated heterocycles. The maximum atomic E-state index is 13.4. The zero-order valence-electron chi connectivity index (χ0n) is 9.14. The molecule has 17 heavy (non-hydrogen) atoms. The SMILES string of the molecule is CC1CN=C(Nc2ccc(F)c(F)c2F)SC1. The van der Waals surface area contributed by atoms with Crippen molar-refractivity contribution in [3.8, 4) is 0 Å². The van der Waals surface area contributed by atoms with Crippen molar-refractivity contribution in [1.29, 1.82) is 0 Å². The van der Waals surface area contributed by atoms with E-state index in [-0.39, 0.29) is 5.69 Å². The van der Waals surface area contributed by atoms with E-state index in [2.05, 4.69) is 17.2 Å². The van der Waals surface area contributed by atoms with Crippen LogP contribution < -0.4 is 5.32 Å². The minimum absolute atomic E-state index is 0.0929. The maximum Gasteiger partial charge on any atom is 0.196 e. The number of rotatable bonds is 1. The molecule has 0 aromatic heterocycles. The minimum Gasteiger partial charge on any atom is -0.333 e. The van der Waals surface area contributed by atoms with E-state index in [0.717, 1.165) is 17.9 Å². The van der Waals surface area contributed by atoms with Crippen LogP contribution in [0.5, 0.6) is 0 Å². The minimum atomic E-state index is -1.47. The van der Waals surface area contributed by atoms with Crippen molar-refractivity contribution < 1.29 is 13.2 Å². The molecular formula is C11H11F3N2S. The van der Waals surface area contributed by atoms with Gasteiger partial charge in [-0.15, -0.1) is 0 Å². The molecule has 0 amide bonds. The predicted octanol–water partition coefficient (Wildman–Crippen LogP) is 3.25. The van der Waals surface area contributed by atoms with Gasteiger partial charge >= 0.3 is 0 Å². The number of hydrogen-bond donors (Lipinski definition) is 1. The molecule has 1 atom stereocenters. The second kappa shape index (κ2) is 5.00. The van der Waals surface area contributed by atoms with Crippen molar-refractivity contribution in [2.24, 2.45) is 10.9 Å². The Morgan fingerprint density at radius 2 is 2.06 bits per heavy atom. The number of nitrogens with zero attached hydrogens (tertiary/aromatic N) is 1. The normalized spacial score (nSPS) is 20.0. The fourth-order valence-electron chi connectivity index (χ4n) is 1.37. The standard InChI is InChI=1S/C11H11F3N2S/c1-6-4-15-11(17-5-6)16-8-3-2-7(12)9(13)10(8)14/h2-3,6H,4-5H2,1H3,(H,15,16). The van der Waals surface area contributed by atoms with Crippen LogP contribution in [0.2, 0.25) is 0 Å². The molecule has 2 rings (SSSR count). The van der Waals surface area contributed by atoms with Crippen LogP contribution >= 0.6 is 11.8 Å². The van der Waals surface area contributed by atoms with Gasteiger partial charge in [0, 0.05) is 12.3 Å². The molecule has 1 aliphatic rings. The first kappa shape index (κ1) is 12.3. The van der Waals surface area contributed by atoms with Gasteiger partial charge in [0.2, 0.25) is 0 Å². The van der Waals surface area contributed by atoms with Crippen molar-refractivity contribution in [2.75, 3.05) is 17.6 Å². The summed E-state index contributed by atoms with van der Waals surface area (Å²) < 4.78 is 39.0. The topological polar surface area (TPSA) is 24.4 Å². The van der Waals surface area contributed by atoms with E-state index >= 15 is 0 Å². The third-order valence-corrected chi connectivity index (χ3v) is 3.57. The van der Waals surface area contributed by atoms with E-state index in [1.54, 1.807) is 0 Å². The molecule has 6 heteroatoms. The van der Waals surface area contributed by atoms with Crippen LogP contribution in [0, 0.1) is 23.4 Å². The lowest BCUT2D eigenvalue weighted by Gasteiger charge is -2.18. The van der Waals surface area contributed by atoms with Gasteiger partial charge in [-0.3, -0.25) is 4.99 Å². The van der Waals surface area contributed by atoms with Crippen molar-refractivity contribution in [1.82, 2.24) is 0 Å². The summed E-state index contributed by atoms with van der Waals surface area (Å²) in [4.78, 5) is 4.18. The van der Waals surface area contributed by atoms with E-state index in [9.17, 15) is 13.2 Å². The van der Waals surface area contributed by atoms with E-state index in [1.165, 1.54) is 11.8 Å². The molecule has 0 fully saturated rings. The van der Waals surface area contributed by atoms with E-state index < -0.39 is 17.5 Å². The number of anilines is 1. The van der Waals surface area contributed by atoms with Crippen LogP contribution in [0.3, 0.4) is 0 Å². The van der Waals surface area contributed by atoms with Crippen LogP contribution in [-0.4, -0.2) is 17.5 Å². The van der Waals surface area contributed by atoms with E-state index in [0.29, 0.717) is 17.6 Å². The summed E-state index contributed by atoms with van der Waals surface area (Å²) in [5.74, 6) is -2.53. The summed E-state index contributed by atoms with van der Waals surface area (Å²) >= 11 is 1.44. The summed E-state index contributed by atoms with van der Waals surface area (Å²) in [6, 6.07) is 2.05. The lowest BCUT2D eigenvalue weighted by Crippen LogP contribution is -2.19. The largest absolute Gasteiger partial charge is 0.333 e. The second-order valence-corrected chi connectivity index (χ2v) is 4.92. The van der Waals surface area contributed by atoms with E-state index in [4.69, 9.17) is 0 Å². The van der Waals surface area contributed by atoms with E-state index in [1.807, 2.05) is 0 Å². The Balaban J connectivity index is 2.17. The highest BCUT2D eigenvalue weighted by molar-refractivity contribution is 8.14. The van der Waals surface area contributed by atoms with Gasteiger partial charge in [-0.05, 0) is 18.1 Å². The average molecular weight is 260 g/mol. The zero-order chi connectivity index (χ0) is 12.4. The van der Waals surface area contributed by atoms with Gasteiger partial charge < -0.3 is 5.32 Å². The van der Waals surface area contributed by atoms with Crippen LogP contribution in [0.15, 0.2) is 17.1 Å². The Morgan fingerprint density at radius 3 is 2.71 bits per heavy atom. The molecule has 0 spiro atoms. The number of benzene rings is 1. The number of aliphatic imine (C=N–C) groups is 1. The Morgan fingerprint density at radius 1 is 1.29 bits per heavy atom. The summed E-state index contributed by atoms with van der Waals surface area (Å²) in [6.45, 7) is 2.71. The van der Waals surface area contributed by atoms with Gasteiger partial charge in [-0.2, -0.15) is 0 Å². The third-order valence-electron chi connectivity index (χ3n) is 2.33. The van der Waals surface area contributed by atoms with Crippen LogP contribution in [-0.2, 0) is 0 Å². The first-order valence-electron chi connectivity index (χ1n) is 5.15. The molecule has 92 valence electrons. The predicted molar refractivity (Wildman–Crippen MR) is 63.9 cm³/mol. The van der Waals surface area contributed by atoms with Gasteiger partial charge in [-0.25, -0.2) is 13.2 Å². The molecule has 0 aliphatic carbocycles. The molecule has 1 unspecified atom stereocenters. The monoisotopic (exact) mass is 260 g/mol. The molecule has 0 bridgehead atoms. The van der Waals surface area contributed by atoms with Crippen molar-refractivity contribution in [2.45, 2.75) is 6.92 Å². The molecule has 1 aromatic rings. The average Bonchev–Trinajstić information content (AvgIpc) is 2.33. The molecule has 2 nitrogen and oxygen atoms in total. The number of halogens is 3. The number of thioether (sulfide) groups is 1. The summed E-state index contributed by atoms with van der Waals surface area (Å²) in [7, 11) is 0. The first-order chi connectivity index (χ1) is 8.08. The van der Waals surface area contributed by atoms with Crippen LogP contribution in [0.25, 0.3) is 0 Å². The quantitative estimate of drug-likeness (QED) is 0.784. The Labute approximate surface area is 101 Å². The summed E-state index contributed by atoms with van der Waals surface area (Å²) in [5, 5.41) is 3.20. The zero-order valence-corrected chi connectivity index (χ0v) is 9.95. The smallest absolute Gasteiger partial charge is 0.196 e. The summed E-state index contributed by atoms with van der Waals surface area (Å²) in [5.41, 5.74) is -0.0929. The molecule has 1 aromatic carbocycles. The van der Waals surface area contributed by atoms with Gasteiger partial charge in [0.25, 0.3) is 0 Å². The lowest BCUT2D eigenvalue weighted by molar-refractivity contribution is 0.449. The highest BCUT2D eigenvalue weighted by Gasteiger charge is 2.17. The van der Waals surface area contributed by atoms with Gasteiger partial charge in [-0.1, -0.05) is 18.7 Å². The molecule has 1 aliphatic heterocycles. The Hall–Kier alpha value is -1.17. The number of amidine groups is 1. The maximum absolute atomic E-state index is 13.4. The number of hydrogen-bond acceptors (Lipinski definition) is 3. The van der Waals surface area contributed by atoms with Gasteiger partial charge in [0.15, 0.2) is 22.6 Å². The molecule has 0 radical (unpaired) electrons. The highest BCUT2D eigenvalue weighted by Crippen LogP contribution is 2.23. The van der Waals surface area contributed by atoms with Crippen molar-refractivity contribution in [3.63, 3.8) is 0 Å². The van der Waals surface area contributed by atoms with Crippen LogP contribution in [0.1, 0.15) is 6.92 Å². The fourth-order valence-corrected chi connectivity index (χ4v) is 2.27. The molecule has 1 heterocycles. The summed E-state index contributed by atoms with van der Waals surface area (Å²) in [6.07, 6.45) is 0. The molecular weight excluding hydrogens is 249 g/mol. The third kappa shape index (κ3) is 2.74. The fraction of sp³-hybridized carbons (Fsp3) is 0.364. The highest BCUT2D eigenvalue weighted by atomic mass is 32.2. The number of nitrogens with one attached hydrogen (secondary N) is 1.